The number of carboxylic acids is 1. The van der Waals surface area contributed by atoms with Gasteiger partial charge in [-0.3, -0.25) is 4.79 Å². The number of hydrogen-bond donors (Lipinski definition) is 2. The molecule has 13 heavy (non-hydrogen) atoms. The minimum absolute atomic E-state index is 0.150. The highest BCUT2D eigenvalue weighted by Gasteiger charge is 2.40. The van der Waals surface area contributed by atoms with Gasteiger partial charge in [-0.15, -0.1) is 0 Å². The summed E-state index contributed by atoms with van der Waals surface area (Å²) in [6, 6.07) is 0. The number of alkyl halides is 2. The molecule has 0 aromatic rings. The molecule has 0 unspecified atom stereocenters. The minimum Gasteiger partial charge on any atom is -0.480 e. The maximum absolute atomic E-state index is 12.2. The zero-order valence-corrected chi connectivity index (χ0v) is 7.17. The van der Waals surface area contributed by atoms with Crippen LogP contribution in [0.1, 0.15) is 25.7 Å². The summed E-state index contributed by atoms with van der Waals surface area (Å²) in [5, 5.41) is 8.71. The third-order valence-corrected chi connectivity index (χ3v) is 2.70. The average molecular weight is 193 g/mol. The summed E-state index contributed by atoms with van der Waals surface area (Å²) in [6.07, 6.45) is -1.63. The molecule has 0 aliphatic heterocycles. The highest BCUT2D eigenvalue weighted by Crippen LogP contribution is 2.33. The van der Waals surface area contributed by atoms with Crippen molar-refractivity contribution in [3.63, 3.8) is 0 Å². The van der Waals surface area contributed by atoms with E-state index in [1.807, 2.05) is 0 Å². The van der Waals surface area contributed by atoms with Crippen LogP contribution in [0.3, 0.4) is 0 Å². The van der Waals surface area contributed by atoms with Crippen molar-refractivity contribution in [2.24, 2.45) is 11.7 Å². The van der Waals surface area contributed by atoms with Gasteiger partial charge >= 0.3 is 5.97 Å². The summed E-state index contributed by atoms with van der Waals surface area (Å²) in [4.78, 5) is 10.6. The van der Waals surface area contributed by atoms with Gasteiger partial charge in [-0.05, 0) is 25.7 Å². The van der Waals surface area contributed by atoms with Gasteiger partial charge in [-0.2, -0.15) is 0 Å². The molecule has 1 aliphatic carbocycles. The fourth-order valence-electron chi connectivity index (χ4n) is 1.62. The molecule has 0 radical (unpaired) electrons. The zero-order chi connectivity index (χ0) is 10.1. The molecule has 0 heterocycles. The second-order valence-electron chi connectivity index (χ2n) is 3.63. The fourth-order valence-corrected chi connectivity index (χ4v) is 1.62. The number of rotatable bonds is 2. The largest absolute Gasteiger partial charge is 0.480 e. The summed E-state index contributed by atoms with van der Waals surface area (Å²) in [6.45, 7) is 0. The van der Waals surface area contributed by atoms with Gasteiger partial charge in [0.15, 0.2) is 0 Å². The Labute approximate surface area is 74.9 Å². The second kappa shape index (κ2) is 3.57. The first kappa shape index (κ1) is 10.4. The molecule has 0 amide bonds. The normalized spacial score (nSPS) is 34.9. The van der Waals surface area contributed by atoms with Crippen LogP contribution in [0.5, 0.6) is 0 Å². The van der Waals surface area contributed by atoms with Crippen molar-refractivity contribution in [1.29, 1.82) is 0 Å². The lowest BCUT2D eigenvalue weighted by Gasteiger charge is -2.33. The zero-order valence-electron chi connectivity index (χ0n) is 7.17. The Balaban J connectivity index is 2.51. The van der Waals surface area contributed by atoms with Crippen LogP contribution in [0, 0.1) is 5.92 Å². The topological polar surface area (TPSA) is 63.3 Å². The predicted octanol–water partition coefficient (Wildman–Crippen LogP) is 1.22. The first-order chi connectivity index (χ1) is 5.96. The van der Waals surface area contributed by atoms with E-state index in [2.05, 4.69) is 0 Å². The van der Waals surface area contributed by atoms with E-state index in [0.29, 0.717) is 0 Å². The van der Waals surface area contributed by atoms with Crippen LogP contribution in [0.25, 0.3) is 0 Å². The van der Waals surface area contributed by atoms with Crippen LogP contribution >= 0.6 is 0 Å². The molecule has 0 saturated heterocycles. The second-order valence-corrected chi connectivity index (χ2v) is 3.63. The third kappa shape index (κ3) is 2.15. The Kier molecular flexibility index (Phi) is 2.85. The Hall–Kier alpha value is -0.710. The van der Waals surface area contributed by atoms with Crippen LogP contribution < -0.4 is 5.73 Å². The quantitative estimate of drug-likeness (QED) is 0.693. The summed E-state index contributed by atoms with van der Waals surface area (Å²) in [5.74, 6) is -1.75. The van der Waals surface area contributed by atoms with Crippen molar-refractivity contribution >= 4 is 5.97 Å². The van der Waals surface area contributed by atoms with E-state index in [0.717, 1.165) is 0 Å². The molecule has 3 N–H and O–H groups in total. The molecule has 0 bridgehead atoms. The smallest absolute Gasteiger partial charge is 0.323 e. The van der Waals surface area contributed by atoms with Crippen LogP contribution in [0.2, 0.25) is 0 Å². The molecule has 1 aliphatic rings. The lowest BCUT2D eigenvalue weighted by atomic mass is 9.77. The Morgan fingerprint density at radius 2 is 1.92 bits per heavy atom. The molecule has 1 saturated carbocycles. The highest BCUT2D eigenvalue weighted by molar-refractivity contribution is 5.78. The molecule has 0 atom stereocenters. The monoisotopic (exact) mass is 193 g/mol. The maximum Gasteiger partial charge on any atom is 0.323 e. The number of halogens is 2. The summed E-state index contributed by atoms with van der Waals surface area (Å²) in [5.41, 5.74) is 4.25. The number of carboxylic acid groups (broad SMARTS) is 1. The van der Waals surface area contributed by atoms with Crippen molar-refractivity contribution in [2.45, 2.75) is 37.6 Å². The van der Waals surface area contributed by atoms with Crippen molar-refractivity contribution in [1.82, 2.24) is 0 Å². The molecular formula is C8H13F2NO2. The highest BCUT2D eigenvalue weighted by atomic mass is 19.3. The Morgan fingerprint density at radius 3 is 2.23 bits per heavy atom. The van der Waals surface area contributed by atoms with Gasteiger partial charge in [-0.1, -0.05) is 0 Å². The maximum atomic E-state index is 12.2. The Morgan fingerprint density at radius 1 is 1.46 bits per heavy atom. The van der Waals surface area contributed by atoms with Gasteiger partial charge in [0.05, 0.1) is 0 Å². The molecular weight excluding hydrogens is 180 g/mol. The lowest BCUT2D eigenvalue weighted by molar-refractivity contribution is -0.145. The van der Waals surface area contributed by atoms with E-state index >= 15 is 0 Å². The molecule has 0 aromatic heterocycles. The molecule has 5 heteroatoms. The summed E-state index contributed by atoms with van der Waals surface area (Å²) < 4.78 is 24.4. The van der Waals surface area contributed by atoms with Crippen LogP contribution in [0.4, 0.5) is 8.78 Å². The first-order valence-corrected chi connectivity index (χ1v) is 4.26. The number of nitrogens with two attached hydrogens (primary N) is 1. The van der Waals surface area contributed by atoms with Gasteiger partial charge < -0.3 is 10.8 Å². The van der Waals surface area contributed by atoms with Crippen molar-refractivity contribution in [3.05, 3.63) is 0 Å². The van der Waals surface area contributed by atoms with Gasteiger partial charge in [0.1, 0.15) is 5.54 Å². The fraction of sp³-hybridized carbons (Fsp3) is 0.875. The van der Waals surface area contributed by atoms with Gasteiger partial charge in [0.2, 0.25) is 6.43 Å². The van der Waals surface area contributed by atoms with E-state index in [-0.39, 0.29) is 25.7 Å². The Bertz CT molecular complexity index is 200. The average Bonchev–Trinajstić information content (AvgIpc) is 2.04. The van der Waals surface area contributed by atoms with Gasteiger partial charge in [-0.25, -0.2) is 8.78 Å². The number of aliphatic carboxylic acids is 1. The predicted molar refractivity (Wildman–Crippen MR) is 42.5 cm³/mol. The summed E-state index contributed by atoms with van der Waals surface area (Å²) >= 11 is 0. The number of carbonyl (C=O) groups is 1. The number of hydrogen-bond acceptors (Lipinski definition) is 2. The molecule has 76 valence electrons. The molecule has 0 spiro atoms. The third-order valence-electron chi connectivity index (χ3n) is 2.70. The van der Waals surface area contributed by atoms with Crippen molar-refractivity contribution in [3.8, 4) is 0 Å². The minimum atomic E-state index is -2.35. The molecule has 1 fully saturated rings. The molecule has 3 nitrogen and oxygen atoms in total. The van der Waals surface area contributed by atoms with Gasteiger partial charge in [0.25, 0.3) is 0 Å². The lowest BCUT2D eigenvalue weighted by Crippen LogP contribution is -2.50. The van der Waals surface area contributed by atoms with E-state index in [1.165, 1.54) is 0 Å². The van der Waals surface area contributed by atoms with E-state index in [9.17, 15) is 13.6 Å². The first-order valence-electron chi connectivity index (χ1n) is 4.26. The van der Waals surface area contributed by atoms with Crippen LogP contribution in [-0.4, -0.2) is 23.0 Å². The molecule has 0 aromatic carbocycles. The molecule has 1 rings (SSSR count). The standard InChI is InChI=1S/C8H13F2NO2/c9-6(10)5-1-3-8(11,4-2-5)7(12)13/h5-6H,1-4,11H2,(H,12,13). The van der Waals surface area contributed by atoms with E-state index < -0.39 is 23.9 Å². The summed E-state index contributed by atoms with van der Waals surface area (Å²) in [7, 11) is 0. The van der Waals surface area contributed by atoms with E-state index in [1.54, 1.807) is 0 Å². The van der Waals surface area contributed by atoms with E-state index in [4.69, 9.17) is 10.8 Å². The SMILES string of the molecule is NC1(C(=O)O)CCC(C(F)F)CC1. The van der Waals surface area contributed by atoms with Crippen LogP contribution in [0.15, 0.2) is 0 Å². The van der Waals surface area contributed by atoms with Crippen molar-refractivity contribution < 1.29 is 18.7 Å². The van der Waals surface area contributed by atoms with Crippen molar-refractivity contribution in [2.75, 3.05) is 0 Å². The van der Waals surface area contributed by atoms with Gasteiger partial charge in [0, 0.05) is 5.92 Å². The van der Waals surface area contributed by atoms with Crippen LogP contribution in [-0.2, 0) is 4.79 Å².